The smallest absolute Gasteiger partial charge is 0.340 e. The minimum atomic E-state index is -1.92. The summed E-state index contributed by atoms with van der Waals surface area (Å²) < 4.78 is 5.23. The molecule has 0 aliphatic carbocycles. The molecule has 2 N–H and O–H groups in total. The number of carboxylic acids is 1. The van der Waals surface area contributed by atoms with Crippen LogP contribution >= 0.6 is 0 Å². The van der Waals surface area contributed by atoms with Crippen molar-refractivity contribution in [3.63, 3.8) is 0 Å². The first-order valence-electron chi connectivity index (χ1n) is 5.50. The van der Waals surface area contributed by atoms with Crippen LogP contribution in [0.25, 0.3) is 10.8 Å². The monoisotopic (exact) mass is 246 g/mol. The Morgan fingerprint density at radius 2 is 1.78 bits per heavy atom. The Morgan fingerprint density at radius 3 is 2.33 bits per heavy atom. The summed E-state index contributed by atoms with van der Waals surface area (Å²) in [5, 5.41) is 20.6. The summed E-state index contributed by atoms with van der Waals surface area (Å²) in [6, 6.07) is 10.5. The van der Waals surface area contributed by atoms with Crippen molar-refractivity contribution in [1.82, 2.24) is 0 Å². The molecule has 4 nitrogen and oxygen atoms in total. The number of hydrogen-bond acceptors (Lipinski definition) is 3. The lowest BCUT2D eigenvalue weighted by Crippen LogP contribution is -2.32. The molecule has 2 rings (SSSR count). The zero-order valence-corrected chi connectivity index (χ0v) is 10.2. The molecule has 0 radical (unpaired) electrons. The van der Waals surface area contributed by atoms with Crippen LogP contribution in [0.1, 0.15) is 12.5 Å². The van der Waals surface area contributed by atoms with Crippen molar-refractivity contribution in [3.8, 4) is 5.75 Å². The van der Waals surface area contributed by atoms with Crippen LogP contribution < -0.4 is 4.74 Å². The number of benzene rings is 2. The van der Waals surface area contributed by atoms with Crippen molar-refractivity contribution in [2.45, 2.75) is 12.5 Å². The fourth-order valence-electron chi connectivity index (χ4n) is 1.99. The highest BCUT2D eigenvalue weighted by atomic mass is 16.5. The molecule has 0 aromatic heterocycles. The van der Waals surface area contributed by atoms with E-state index in [0.29, 0.717) is 16.7 Å². The topological polar surface area (TPSA) is 66.8 Å². The van der Waals surface area contributed by atoms with Crippen LogP contribution in [0.5, 0.6) is 5.75 Å². The summed E-state index contributed by atoms with van der Waals surface area (Å²) in [5.74, 6) is -0.631. The Morgan fingerprint density at radius 1 is 1.17 bits per heavy atom. The second-order valence-corrected chi connectivity index (χ2v) is 4.24. The van der Waals surface area contributed by atoms with Crippen LogP contribution in [0, 0.1) is 0 Å². The molecule has 1 unspecified atom stereocenters. The second kappa shape index (κ2) is 4.31. The standard InChI is InChI=1S/C14H14O4/c1-14(17,13(15)16)11-7-8-12(18-2)10-6-4-3-5-9(10)11/h3-8,17H,1-2H3,(H,15,16). The van der Waals surface area contributed by atoms with Gasteiger partial charge in [-0.1, -0.05) is 30.3 Å². The van der Waals surface area contributed by atoms with Gasteiger partial charge < -0.3 is 14.9 Å². The third-order valence-corrected chi connectivity index (χ3v) is 3.04. The molecule has 4 heteroatoms. The highest BCUT2D eigenvalue weighted by Crippen LogP contribution is 2.34. The van der Waals surface area contributed by atoms with E-state index in [-0.39, 0.29) is 0 Å². The van der Waals surface area contributed by atoms with Gasteiger partial charge in [0.2, 0.25) is 0 Å². The Bertz CT molecular complexity index is 602. The lowest BCUT2D eigenvalue weighted by Gasteiger charge is -2.21. The van der Waals surface area contributed by atoms with Crippen LogP contribution in [-0.4, -0.2) is 23.3 Å². The molecular formula is C14H14O4. The highest BCUT2D eigenvalue weighted by Gasteiger charge is 2.34. The molecule has 0 aliphatic rings. The summed E-state index contributed by atoms with van der Waals surface area (Å²) in [7, 11) is 1.55. The molecule has 0 heterocycles. The van der Waals surface area contributed by atoms with E-state index in [1.54, 1.807) is 31.4 Å². The third-order valence-electron chi connectivity index (χ3n) is 3.04. The first-order valence-corrected chi connectivity index (χ1v) is 5.50. The van der Waals surface area contributed by atoms with Gasteiger partial charge in [-0.25, -0.2) is 4.79 Å². The molecule has 0 amide bonds. The van der Waals surface area contributed by atoms with Gasteiger partial charge in [-0.05, 0) is 18.4 Å². The average molecular weight is 246 g/mol. The Labute approximate surface area is 104 Å². The van der Waals surface area contributed by atoms with Gasteiger partial charge in [0.25, 0.3) is 0 Å². The van der Waals surface area contributed by atoms with Gasteiger partial charge in [0.1, 0.15) is 5.75 Å². The number of hydrogen-bond donors (Lipinski definition) is 2. The maximum absolute atomic E-state index is 11.1. The van der Waals surface area contributed by atoms with E-state index in [9.17, 15) is 9.90 Å². The van der Waals surface area contributed by atoms with E-state index < -0.39 is 11.6 Å². The normalized spacial score (nSPS) is 14.2. The van der Waals surface area contributed by atoms with Gasteiger partial charge in [0, 0.05) is 10.9 Å². The van der Waals surface area contributed by atoms with Crippen LogP contribution in [0.4, 0.5) is 0 Å². The van der Waals surface area contributed by atoms with Crippen molar-refractivity contribution in [2.24, 2.45) is 0 Å². The number of aliphatic hydroxyl groups is 1. The lowest BCUT2D eigenvalue weighted by molar-refractivity contribution is -0.157. The molecule has 0 saturated heterocycles. The van der Waals surface area contributed by atoms with E-state index >= 15 is 0 Å². The van der Waals surface area contributed by atoms with Crippen molar-refractivity contribution in [2.75, 3.05) is 7.11 Å². The van der Waals surface area contributed by atoms with E-state index in [2.05, 4.69) is 0 Å². The summed E-state index contributed by atoms with van der Waals surface area (Å²) in [4.78, 5) is 11.1. The van der Waals surface area contributed by atoms with E-state index in [1.807, 2.05) is 12.1 Å². The van der Waals surface area contributed by atoms with E-state index in [0.717, 1.165) is 5.39 Å². The largest absolute Gasteiger partial charge is 0.496 e. The van der Waals surface area contributed by atoms with E-state index in [4.69, 9.17) is 9.84 Å². The van der Waals surface area contributed by atoms with Crippen LogP contribution in [0.15, 0.2) is 36.4 Å². The maximum atomic E-state index is 11.1. The zero-order valence-electron chi connectivity index (χ0n) is 10.2. The first-order chi connectivity index (χ1) is 8.48. The van der Waals surface area contributed by atoms with Gasteiger partial charge in [0.05, 0.1) is 7.11 Å². The molecule has 0 fully saturated rings. The van der Waals surface area contributed by atoms with Gasteiger partial charge in [-0.3, -0.25) is 0 Å². The summed E-state index contributed by atoms with van der Waals surface area (Å²) in [5.41, 5.74) is -1.57. The van der Waals surface area contributed by atoms with Crippen molar-refractivity contribution in [3.05, 3.63) is 42.0 Å². The third kappa shape index (κ3) is 1.80. The molecule has 2 aromatic carbocycles. The Kier molecular flexibility index (Phi) is 2.97. The number of carbonyl (C=O) groups is 1. The first kappa shape index (κ1) is 12.4. The average Bonchev–Trinajstić information content (AvgIpc) is 2.37. The predicted octanol–water partition coefficient (Wildman–Crippen LogP) is 2.14. The molecule has 18 heavy (non-hydrogen) atoms. The SMILES string of the molecule is COc1ccc(C(C)(O)C(=O)O)c2ccccc12. The number of ether oxygens (including phenoxy) is 1. The van der Waals surface area contributed by atoms with Crippen molar-refractivity contribution in [1.29, 1.82) is 0 Å². The van der Waals surface area contributed by atoms with Crippen LogP contribution in [0.2, 0.25) is 0 Å². The molecule has 1 atom stereocenters. The molecule has 0 saturated carbocycles. The molecule has 0 bridgehead atoms. The second-order valence-electron chi connectivity index (χ2n) is 4.24. The van der Waals surface area contributed by atoms with Gasteiger partial charge in [0.15, 0.2) is 5.60 Å². The van der Waals surface area contributed by atoms with Gasteiger partial charge in [-0.2, -0.15) is 0 Å². The highest BCUT2D eigenvalue weighted by molar-refractivity contribution is 5.95. The fraction of sp³-hybridized carbons (Fsp3) is 0.214. The molecule has 94 valence electrons. The maximum Gasteiger partial charge on any atom is 0.340 e. The number of rotatable bonds is 3. The Balaban J connectivity index is 2.78. The van der Waals surface area contributed by atoms with Crippen molar-refractivity contribution >= 4 is 16.7 Å². The number of fused-ring (bicyclic) bond motifs is 1. The minimum Gasteiger partial charge on any atom is -0.496 e. The molecule has 0 spiro atoms. The predicted molar refractivity (Wildman–Crippen MR) is 67.7 cm³/mol. The molecule has 2 aromatic rings. The Hall–Kier alpha value is -2.07. The number of methoxy groups -OCH3 is 1. The quantitative estimate of drug-likeness (QED) is 0.870. The lowest BCUT2D eigenvalue weighted by atomic mass is 9.90. The molecule has 0 aliphatic heterocycles. The zero-order chi connectivity index (χ0) is 13.3. The minimum absolute atomic E-state index is 0.353. The number of aliphatic carboxylic acids is 1. The van der Waals surface area contributed by atoms with Crippen LogP contribution in [-0.2, 0) is 10.4 Å². The number of carboxylic acid groups (broad SMARTS) is 1. The molecular weight excluding hydrogens is 232 g/mol. The summed E-state index contributed by atoms with van der Waals surface area (Å²) >= 11 is 0. The summed E-state index contributed by atoms with van der Waals surface area (Å²) in [6.07, 6.45) is 0. The van der Waals surface area contributed by atoms with Gasteiger partial charge in [-0.15, -0.1) is 0 Å². The van der Waals surface area contributed by atoms with Gasteiger partial charge >= 0.3 is 5.97 Å². The fourth-order valence-corrected chi connectivity index (χ4v) is 1.99. The van der Waals surface area contributed by atoms with E-state index in [1.165, 1.54) is 6.92 Å². The van der Waals surface area contributed by atoms with Crippen molar-refractivity contribution < 1.29 is 19.7 Å². The summed E-state index contributed by atoms with van der Waals surface area (Å²) in [6.45, 7) is 1.27. The van der Waals surface area contributed by atoms with Crippen LogP contribution in [0.3, 0.4) is 0 Å².